The van der Waals surface area contributed by atoms with Gasteiger partial charge < -0.3 is 14.9 Å². The zero-order valence-corrected chi connectivity index (χ0v) is 26.3. The summed E-state index contributed by atoms with van der Waals surface area (Å²) in [5.41, 5.74) is 15.0. The van der Waals surface area contributed by atoms with Crippen molar-refractivity contribution >= 4 is 28.7 Å². The molecule has 0 amide bonds. The van der Waals surface area contributed by atoms with Gasteiger partial charge in [0.15, 0.2) is 0 Å². The number of H-pyrrole nitrogens is 1. The zero-order chi connectivity index (χ0) is 29.4. The quantitative estimate of drug-likeness (QED) is 0.403. The summed E-state index contributed by atoms with van der Waals surface area (Å²) in [6.07, 6.45) is 14.6. The van der Waals surface area contributed by atoms with Crippen molar-refractivity contribution < 1.29 is 4.79 Å². The van der Waals surface area contributed by atoms with Crippen LogP contribution in [0.3, 0.4) is 0 Å². The van der Waals surface area contributed by atoms with Crippen LogP contribution in [-0.2, 0) is 37.0 Å². The van der Waals surface area contributed by atoms with E-state index in [-0.39, 0.29) is 5.78 Å². The monoisotopic (exact) mass is 550 g/mol. The van der Waals surface area contributed by atoms with E-state index in [9.17, 15) is 4.79 Å². The van der Waals surface area contributed by atoms with Gasteiger partial charge in [-0.1, -0.05) is 48.5 Å². The molecule has 2 aromatic heterocycles. The van der Waals surface area contributed by atoms with Crippen molar-refractivity contribution in [1.29, 1.82) is 0 Å². The van der Waals surface area contributed by atoms with Crippen molar-refractivity contribution in [3.63, 3.8) is 0 Å². The molecule has 216 valence electrons. The normalized spacial score (nSPS) is 16.5. The number of hydrogen-bond donors (Lipinski definition) is 2. The molecule has 0 fully saturated rings. The number of Topliss-reactive ketones (excluding diaryl/α,β-unsaturated/α-hetero) is 1. The van der Waals surface area contributed by atoms with Crippen molar-refractivity contribution in [2.75, 3.05) is 0 Å². The number of hydrogen-bond acceptors (Lipinski definition) is 3. The minimum Gasteiger partial charge on any atom is -0.354 e. The highest BCUT2D eigenvalue weighted by Crippen LogP contribution is 2.34. The van der Waals surface area contributed by atoms with Crippen LogP contribution in [0.15, 0.2) is 45.9 Å². The number of nitrogens with zero attached hydrogens (tertiary/aromatic N) is 2. The Hall–Kier alpha value is -3.60. The molecule has 0 radical (unpaired) electrons. The van der Waals surface area contributed by atoms with Gasteiger partial charge in [0.25, 0.3) is 0 Å². The Balaban J connectivity index is 2.05. The molecule has 5 heterocycles. The number of aliphatic imine (C=N–C) groups is 1. The van der Waals surface area contributed by atoms with Gasteiger partial charge in [-0.15, -0.1) is 0 Å². The van der Waals surface area contributed by atoms with E-state index in [1.807, 2.05) is 12.2 Å². The highest BCUT2D eigenvalue weighted by molar-refractivity contribution is 6.18. The number of aromatic nitrogens is 2. The number of aromatic amines is 1. The lowest BCUT2D eigenvalue weighted by Gasteiger charge is -2.14. The Kier molecular flexibility index (Phi) is 8.26. The van der Waals surface area contributed by atoms with Crippen molar-refractivity contribution in [3.05, 3.63) is 85.2 Å². The smallest absolute Gasteiger partial charge is 0.207 e. The fourth-order valence-electron chi connectivity index (χ4n) is 7.25. The molecule has 0 unspecified atom stereocenters. The van der Waals surface area contributed by atoms with Crippen LogP contribution in [0, 0.1) is 0 Å². The van der Waals surface area contributed by atoms with Crippen LogP contribution < -0.4 is 16.0 Å². The molecule has 5 rings (SSSR count). The molecule has 3 aliphatic rings. The number of rotatable bonds is 8. The molecule has 5 nitrogen and oxygen atoms in total. The van der Waals surface area contributed by atoms with Gasteiger partial charge in [0.1, 0.15) is 0 Å². The first-order chi connectivity index (χ1) is 19.9. The van der Waals surface area contributed by atoms with E-state index in [0.717, 1.165) is 67.7 Å². The van der Waals surface area contributed by atoms with E-state index in [2.05, 4.69) is 82.4 Å². The molecule has 41 heavy (non-hydrogen) atoms. The second-order valence-electron chi connectivity index (χ2n) is 11.0. The average Bonchev–Trinajstić information content (AvgIpc) is 3.72. The number of nitrogens with one attached hydrogen (secondary N) is 2. The minimum absolute atomic E-state index is 0.0811. The summed E-state index contributed by atoms with van der Waals surface area (Å²) in [4.78, 5) is 22.6. The van der Waals surface area contributed by atoms with Crippen LogP contribution >= 0.6 is 0 Å². The minimum atomic E-state index is 0.0811. The van der Waals surface area contributed by atoms with Gasteiger partial charge in [-0.3, -0.25) is 4.79 Å². The second kappa shape index (κ2) is 11.7. The van der Waals surface area contributed by atoms with Crippen LogP contribution in [-0.4, -0.2) is 21.0 Å². The number of fused-ring (bicyclic) bond motifs is 7. The fourth-order valence-corrected chi connectivity index (χ4v) is 7.25. The predicted molar refractivity (Wildman–Crippen MR) is 172 cm³/mol. The van der Waals surface area contributed by atoms with Crippen LogP contribution in [0.1, 0.15) is 108 Å². The number of allylic oxidation sites excluding steroid dienone is 5. The highest BCUT2D eigenvalue weighted by Gasteiger charge is 2.30. The van der Waals surface area contributed by atoms with Gasteiger partial charge in [0.2, 0.25) is 5.78 Å². The van der Waals surface area contributed by atoms with E-state index < -0.39 is 0 Å². The fraction of sp³-hybridized carbons (Fsp3) is 0.444. The summed E-state index contributed by atoms with van der Waals surface area (Å²) >= 11 is 0. The van der Waals surface area contributed by atoms with E-state index in [4.69, 9.17) is 4.99 Å². The Labute approximate surface area is 245 Å². The van der Waals surface area contributed by atoms with Gasteiger partial charge >= 0.3 is 0 Å². The molecule has 8 bridgehead atoms. The molecule has 2 N–H and O–H groups in total. The standard InChI is InChI=1S/C36H46N4O/c1-9-23-26(12-4)35-28(14-6)33-25(11-3)24(10-2)32(39-33)27(13-5)34-29(15-7)36(41)30(38-34)19-21-17-18-22(37-21)20-31(23)40(35)16-8/h17-20,38-39H,9-16H2,1-8H3. The van der Waals surface area contributed by atoms with E-state index >= 15 is 0 Å². The Bertz CT molecular complexity index is 1690. The largest absolute Gasteiger partial charge is 0.354 e. The third-order valence-electron chi connectivity index (χ3n) is 9.06. The maximum absolute atomic E-state index is 13.6. The summed E-state index contributed by atoms with van der Waals surface area (Å²) in [5, 5.41) is 6.02. The summed E-state index contributed by atoms with van der Waals surface area (Å²) in [7, 11) is 0. The third-order valence-corrected chi connectivity index (χ3v) is 9.06. The molecule has 0 saturated carbocycles. The lowest BCUT2D eigenvalue weighted by Crippen LogP contribution is -2.22. The van der Waals surface area contributed by atoms with E-state index in [1.54, 1.807) is 0 Å². The summed E-state index contributed by atoms with van der Waals surface area (Å²) in [5.74, 6) is 0.0811. The van der Waals surface area contributed by atoms with Gasteiger partial charge in [-0.2, -0.15) is 0 Å². The van der Waals surface area contributed by atoms with Gasteiger partial charge in [-0.05, 0) is 110 Å². The molecule has 0 atom stereocenters. The van der Waals surface area contributed by atoms with Crippen molar-refractivity contribution in [3.8, 4) is 0 Å². The summed E-state index contributed by atoms with van der Waals surface area (Å²) < 4.78 is 2.53. The SMILES string of the molecule is CCC1=C2NC(=CC3=NC(=Cc4c(CC)c(CC)c(n4CC)C(CC)=c4[nH]c(c(CC)c4CC)=C2CC)C=C3)C1=O. The molecule has 0 aliphatic carbocycles. The number of carbonyl (C=O) groups excluding carboxylic acids is 1. The third kappa shape index (κ3) is 4.54. The molecule has 2 aromatic rings. The van der Waals surface area contributed by atoms with Crippen LogP contribution in [0.2, 0.25) is 0 Å². The molecule has 0 spiro atoms. The average molecular weight is 551 g/mol. The lowest BCUT2D eigenvalue weighted by molar-refractivity contribution is -0.112. The first-order valence-corrected chi connectivity index (χ1v) is 15.9. The first-order valence-electron chi connectivity index (χ1n) is 15.9. The van der Waals surface area contributed by atoms with Crippen molar-refractivity contribution in [2.45, 2.75) is 107 Å². The Morgan fingerprint density at radius 2 is 1.29 bits per heavy atom. The highest BCUT2D eigenvalue weighted by atomic mass is 16.1. The zero-order valence-electron chi connectivity index (χ0n) is 26.3. The predicted octanol–water partition coefficient (Wildman–Crippen LogP) is 6.34. The topological polar surface area (TPSA) is 62.2 Å². The molecular weight excluding hydrogens is 504 g/mol. The summed E-state index contributed by atoms with van der Waals surface area (Å²) in [6, 6.07) is 0. The molecular formula is C36H46N4O. The molecule has 0 saturated heterocycles. The van der Waals surface area contributed by atoms with Gasteiger partial charge in [-0.25, -0.2) is 4.99 Å². The molecule has 3 aliphatic heterocycles. The Morgan fingerprint density at radius 3 is 1.85 bits per heavy atom. The van der Waals surface area contributed by atoms with E-state index in [1.165, 1.54) is 55.5 Å². The van der Waals surface area contributed by atoms with Gasteiger partial charge in [0.05, 0.1) is 22.8 Å². The van der Waals surface area contributed by atoms with Crippen LogP contribution in [0.5, 0.6) is 0 Å². The lowest BCUT2D eigenvalue weighted by atomic mass is 9.96. The second-order valence-corrected chi connectivity index (χ2v) is 11.0. The van der Waals surface area contributed by atoms with Gasteiger partial charge in [0, 0.05) is 34.2 Å². The van der Waals surface area contributed by atoms with E-state index in [0.29, 0.717) is 12.1 Å². The molecule has 0 aromatic carbocycles. The van der Waals surface area contributed by atoms with Crippen LogP contribution in [0.4, 0.5) is 0 Å². The number of ketones is 1. The van der Waals surface area contributed by atoms with Crippen molar-refractivity contribution in [1.82, 2.24) is 14.9 Å². The number of carbonyl (C=O) groups is 1. The maximum Gasteiger partial charge on any atom is 0.207 e. The first kappa shape index (κ1) is 28.9. The Morgan fingerprint density at radius 1 is 0.683 bits per heavy atom. The van der Waals surface area contributed by atoms with Crippen LogP contribution in [0.25, 0.3) is 17.2 Å². The van der Waals surface area contributed by atoms with Crippen molar-refractivity contribution in [2.24, 2.45) is 4.99 Å². The molecule has 5 heteroatoms. The maximum atomic E-state index is 13.6. The summed E-state index contributed by atoms with van der Waals surface area (Å²) in [6.45, 7) is 18.8.